The topological polar surface area (TPSA) is 42.0 Å². The van der Waals surface area contributed by atoms with Crippen LogP contribution >= 0.6 is 0 Å². The molecule has 0 unspecified atom stereocenters. The van der Waals surface area contributed by atoms with E-state index in [2.05, 4.69) is 9.80 Å². The first-order valence-corrected chi connectivity index (χ1v) is 11.5. The van der Waals surface area contributed by atoms with Crippen molar-refractivity contribution in [1.29, 1.82) is 0 Å². The number of morpholine rings is 1. The normalized spacial score (nSPS) is 30.6. The van der Waals surface area contributed by atoms with E-state index >= 15 is 0 Å². The van der Waals surface area contributed by atoms with E-state index in [0.717, 1.165) is 64.1 Å². The molecule has 0 bridgehead atoms. The number of nitrogens with zero attached hydrogens (tertiary/aromatic N) is 2. The van der Waals surface area contributed by atoms with Crippen molar-refractivity contribution in [3.05, 3.63) is 35.1 Å². The van der Waals surface area contributed by atoms with Gasteiger partial charge in [-0.2, -0.15) is 0 Å². The van der Waals surface area contributed by atoms with Crippen molar-refractivity contribution in [2.45, 2.75) is 52.1 Å². The van der Waals surface area contributed by atoms with Crippen molar-refractivity contribution >= 4 is 5.97 Å². The number of likely N-dealkylation sites (tertiary alicyclic amines) is 1. The molecule has 166 valence electrons. The maximum atomic E-state index is 14.0. The molecule has 2 aliphatic heterocycles. The fourth-order valence-electron chi connectivity index (χ4n) is 5.80. The summed E-state index contributed by atoms with van der Waals surface area (Å²) in [4.78, 5) is 18.1. The molecule has 1 aromatic carbocycles. The zero-order valence-electron chi connectivity index (χ0n) is 18.4. The molecular formula is C24H35FN2O3. The zero-order valence-corrected chi connectivity index (χ0v) is 18.4. The molecule has 1 aliphatic carbocycles. The summed E-state index contributed by atoms with van der Waals surface area (Å²) in [6.07, 6.45) is 3.96. The Kier molecular flexibility index (Phi) is 6.75. The van der Waals surface area contributed by atoms with Crippen LogP contribution in [0.4, 0.5) is 4.39 Å². The molecule has 0 N–H and O–H groups in total. The molecule has 3 atom stereocenters. The summed E-state index contributed by atoms with van der Waals surface area (Å²) in [6, 6.07) is 5.83. The third-order valence-electron chi connectivity index (χ3n) is 7.58. The minimum atomic E-state index is -0.432. The van der Waals surface area contributed by atoms with Crippen LogP contribution < -0.4 is 0 Å². The number of piperidine rings is 1. The van der Waals surface area contributed by atoms with Gasteiger partial charge in [0, 0.05) is 32.2 Å². The van der Waals surface area contributed by atoms with E-state index in [1.807, 2.05) is 19.9 Å². The van der Waals surface area contributed by atoms with Crippen LogP contribution in [0.3, 0.4) is 0 Å². The van der Waals surface area contributed by atoms with Crippen LogP contribution in [0, 0.1) is 24.1 Å². The molecule has 0 spiro atoms. The monoisotopic (exact) mass is 418 g/mol. The Labute approximate surface area is 179 Å². The van der Waals surface area contributed by atoms with Gasteiger partial charge in [-0.1, -0.05) is 12.1 Å². The van der Waals surface area contributed by atoms with Crippen LogP contribution in [-0.4, -0.2) is 67.8 Å². The van der Waals surface area contributed by atoms with Crippen molar-refractivity contribution in [2.75, 3.05) is 46.0 Å². The largest absolute Gasteiger partial charge is 0.466 e. The number of rotatable bonds is 5. The predicted molar refractivity (Wildman–Crippen MR) is 114 cm³/mol. The SMILES string of the molecule is CCOC(=O)[C@@]12CC[C@H](N3CCOCC3)C[C@H]1CCN(Cc1cccc(F)c1C)C2. The first kappa shape index (κ1) is 21.7. The van der Waals surface area contributed by atoms with E-state index < -0.39 is 5.41 Å². The van der Waals surface area contributed by atoms with Gasteiger partial charge in [-0.15, -0.1) is 0 Å². The van der Waals surface area contributed by atoms with Gasteiger partial charge in [-0.25, -0.2) is 4.39 Å². The molecule has 2 heterocycles. The highest BCUT2D eigenvalue weighted by Crippen LogP contribution is 2.48. The van der Waals surface area contributed by atoms with E-state index in [1.54, 1.807) is 6.07 Å². The van der Waals surface area contributed by atoms with Crippen molar-refractivity contribution in [1.82, 2.24) is 9.80 Å². The lowest BCUT2D eigenvalue weighted by Crippen LogP contribution is -2.58. The van der Waals surface area contributed by atoms with Gasteiger partial charge < -0.3 is 9.47 Å². The minimum absolute atomic E-state index is 0.0314. The number of esters is 1. The first-order valence-electron chi connectivity index (χ1n) is 11.5. The van der Waals surface area contributed by atoms with Crippen LogP contribution in [0.25, 0.3) is 0 Å². The number of hydrogen-bond acceptors (Lipinski definition) is 5. The average molecular weight is 419 g/mol. The lowest BCUT2D eigenvalue weighted by Gasteiger charge is -2.52. The van der Waals surface area contributed by atoms with Crippen LogP contribution in [0.2, 0.25) is 0 Å². The maximum absolute atomic E-state index is 14.0. The predicted octanol–water partition coefficient (Wildman–Crippen LogP) is 3.39. The second kappa shape index (κ2) is 9.33. The standard InChI is InChI=1S/C24H35FN2O3/c1-3-30-23(28)24-9-7-21(27-11-13-29-14-12-27)15-20(24)8-10-26(17-24)16-19-5-4-6-22(25)18(19)2/h4-6,20-21H,3,7-17H2,1-2H3/t20-,21+,24-/m1/s1. The van der Waals surface area contributed by atoms with Crippen LogP contribution in [0.5, 0.6) is 0 Å². The number of carbonyl (C=O) groups excluding carboxylic acids is 1. The van der Waals surface area contributed by atoms with Gasteiger partial charge in [0.05, 0.1) is 25.2 Å². The van der Waals surface area contributed by atoms with E-state index in [9.17, 15) is 9.18 Å². The highest BCUT2D eigenvalue weighted by molar-refractivity contribution is 5.78. The van der Waals surface area contributed by atoms with Crippen molar-refractivity contribution in [3.63, 3.8) is 0 Å². The Bertz CT molecular complexity index is 752. The first-order chi connectivity index (χ1) is 14.5. The van der Waals surface area contributed by atoms with Gasteiger partial charge in [0.1, 0.15) is 5.82 Å². The number of hydrogen-bond donors (Lipinski definition) is 0. The summed E-state index contributed by atoms with van der Waals surface area (Å²) in [5.74, 6) is 0.160. The van der Waals surface area contributed by atoms with Gasteiger partial charge in [0.2, 0.25) is 0 Å². The van der Waals surface area contributed by atoms with Crippen LogP contribution in [-0.2, 0) is 20.8 Å². The molecule has 1 aromatic rings. The molecule has 1 saturated carbocycles. The van der Waals surface area contributed by atoms with E-state index in [0.29, 0.717) is 37.2 Å². The summed E-state index contributed by atoms with van der Waals surface area (Å²) in [5.41, 5.74) is 1.29. The highest BCUT2D eigenvalue weighted by atomic mass is 19.1. The maximum Gasteiger partial charge on any atom is 0.313 e. The Morgan fingerprint density at radius 1 is 1.27 bits per heavy atom. The molecule has 0 amide bonds. The molecular weight excluding hydrogens is 383 g/mol. The van der Waals surface area contributed by atoms with Crippen molar-refractivity contribution in [2.24, 2.45) is 11.3 Å². The number of halogens is 1. The molecule has 0 aromatic heterocycles. The quantitative estimate of drug-likeness (QED) is 0.686. The summed E-state index contributed by atoms with van der Waals surface area (Å²) >= 11 is 0. The average Bonchev–Trinajstić information content (AvgIpc) is 2.77. The lowest BCUT2D eigenvalue weighted by atomic mass is 9.61. The fraction of sp³-hybridized carbons (Fsp3) is 0.708. The molecule has 6 heteroatoms. The molecule has 5 nitrogen and oxygen atoms in total. The fourth-order valence-corrected chi connectivity index (χ4v) is 5.80. The number of fused-ring (bicyclic) bond motifs is 1. The summed E-state index contributed by atoms with van der Waals surface area (Å²) < 4.78 is 25.2. The molecule has 4 rings (SSSR count). The summed E-state index contributed by atoms with van der Waals surface area (Å²) in [7, 11) is 0. The van der Waals surface area contributed by atoms with Gasteiger partial charge in [0.25, 0.3) is 0 Å². The third-order valence-corrected chi connectivity index (χ3v) is 7.58. The van der Waals surface area contributed by atoms with Crippen molar-refractivity contribution in [3.8, 4) is 0 Å². The van der Waals surface area contributed by atoms with Gasteiger partial charge >= 0.3 is 5.97 Å². The van der Waals surface area contributed by atoms with E-state index in [1.165, 1.54) is 6.07 Å². The molecule has 0 radical (unpaired) electrons. The van der Waals surface area contributed by atoms with Crippen molar-refractivity contribution < 1.29 is 18.7 Å². The van der Waals surface area contributed by atoms with Gasteiger partial charge in [-0.3, -0.25) is 14.6 Å². The second-order valence-electron chi connectivity index (χ2n) is 9.17. The van der Waals surface area contributed by atoms with E-state index in [-0.39, 0.29) is 11.8 Å². The Hall–Kier alpha value is -1.50. The van der Waals surface area contributed by atoms with Crippen LogP contribution in [0.1, 0.15) is 43.7 Å². The van der Waals surface area contributed by atoms with E-state index in [4.69, 9.17) is 9.47 Å². The lowest BCUT2D eigenvalue weighted by molar-refractivity contribution is -0.170. The molecule has 2 saturated heterocycles. The summed E-state index contributed by atoms with van der Waals surface area (Å²) in [5, 5.41) is 0. The smallest absolute Gasteiger partial charge is 0.313 e. The minimum Gasteiger partial charge on any atom is -0.466 e. The zero-order chi connectivity index (χ0) is 21.1. The molecule has 30 heavy (non-hydrogen) atoms. The Balaban J connectivity index is 1.50. The molecule has 3 fully saturated rings. The number of ether oxygens (including phenoxy) is 2. The number of benzene rings is 1. The van der Waals surface area contributed by atoms with Crippen LogP contribution in [0.15, 0.2) is 18.2 Å². The summed E-state index contributed by atoms with van der Waals surface area (Å²) in [6.45, 7) is 10.1. The Morgan fingerprint density at radius 2 is 2.07 bits per heavy atom. The van der Waals surface area contributed by atoms with Gasteiger partial charge in [-0.05, 0) is 69.2 Å². The van der Waals surface area contributed by atoms with Gasteiger partial charge in [0.15, 0.2) is 0 Å². The third kappa shape index (κ3) is 4.27. The number of carbonyl (C=O) groups is 1. The Morgan fingerprint density at radius 3 is 2.83 bits per heavy atom. The second-order valence-corrected chi connectivity index (χ2v) is 9.17. The highest BCUT2D eigenvalue weighted by Gasteiger charge is 2.53. The molecule has 3 aliphatic rings.